The van der Waals surface area contributed by atoms with Crippen LogP contribution in [0.1, 0.15) is 51.5 Å². The summed E-state index contributed by atoms with van der Waals surface area (Å²) < 4.78 is 11.4. The van der Waals surface area contributed by atoms with Gasteiger partial charge in [0.25, 0.3) is 0 Å². The average molecular weight is 388 g/mol. The first-order valence-electron chi connectivity index (χ1n) is 9.68. The van der Waals surface area contributed by atoms with Crippen molar-refractivity contribution >= 4 is 5.96 Å². The average Bonchev–Trinajstić information content (AvgIpc) is 3.13. The summed E-state index contributed by atoms with van der Waals surface area (Å²) in [6, 6.07) is 9.66. The minimum atomic E-state index is -1.13. The second-order valence-corrected chi connectivity index (χ2v) is 8.13. The maximum absolute atomic E-state index is 10.6. The van der Waals surface area contributed by atoms with Crippen molar-refractivity contribution in [3.8, 4) is 5.75 Å². The highest BCUT2D eigenvalue weighted by atomic mass is 16.5. The summed E-state index contributed by atoms with van der Waals surface area (Å²) in [5, 5.41) is 17.0. The molecule has 1 atom stereocenters. The van der Waals surface area contributed by atoms with E-state index in [0.29, 0.717) is 24.8 Å². The smallest absolute Gasteiger partial charge is 0.191 e. The zero-order valence-electron chi connectivity index (χ0n) is 17.8. The van der Waals surface area contributed by atoms with Gasteiger partial charge in [-0.3, -0.25) is 0 Å². The lowest BCUT2D eigenvalue weighted by Crippen LogP contribution is -2.44. The lowest BCUT2D eigenvalue weighted by molar-refractivity contribution is 0.0386. The van der Waals surface area contributed by atoms with Crippen LogP contribution >= 0.6 is 0 Å². The van der Waals surface area contributed by atoms with E-state index in [4.69, 9.17) is 9.15 Å². The molecule has 6 nitrogen and oxygen atoms in total. The summed E-state index contributed by atoms with van der Waals surface area (Å²) in [6.45, 7) is 13.3. The number of furan rings is 1. The van der Waals surface area contributed by atoms with E-state index in [1.165, 1.54) is 0 Å². The molecule has 1 heterocycles. The summed E-state index contributed by atoms with van der Waals surface area (Å²) >= 11 is 0. The van der Waals surface area contributed by atoms with Gasteiger partial charge in [0.2, 0.25) is 0 Å². The molecule has 0 fully saturated rings. The largest absolute Gasteiger partial charge is 0.488 e. The number of aliphatic hydroxyl groups is 1. The molecule has 0 spiro atoms. The van der Waals surface area contributed by atoms with Crippen LogP contribution in [-0.2, 0) is 12.1 Å². The second-order valence-electron chi connectivity index (χ2n) is 8.13. The highest BCUT2D eigenvalue weighted by Crippen LogP contribution is 2.25. The minimum Gasteiger partial charge on any atom is -0.488 e. The van der Waals surface area contributed by atoms with E-state index in [1.807, 2.05) is 46.8 Å². The monoisotopic (exact) mass is 387 g/mol. The van der Waals surface area contributed by atoms with Crippen molar-refractivity contribution in [1.82, 2.24) is 10.6 Å². The van der Waals surface area contributed by atoms with Gasteiger partial charge in [0, 0.05) is 12.1 Å². The van der Waals surface area contributed by atoms with Crippen molar-refractivity contribution in [2.75, 3.05) is 13.1 Å². The molecular weight excluding hydrogens is 354 g/mol. The number of nitrogens with zero attached hydrogens (tertiary/aromatic N) is 1. The summed E-state index contributed by atoms with van der Waals surface area (Å²) in [6.07, 6.45) is 1.55. The van der Waals surface area contributed by atoms with Gasteiger partial charge in [0.15, 0.2) is 5.96 Å². The molecule has 28 heavy (non-hydrogen) atoms. The van der Waals surface area contributed by atoms with Gasteiger partial charge < -0.3 is 24.9 Å². The Balaban J connectivity index is 2.12. The van der Waals surface area contributed by atoms with Crippen LogP contribution in [-0.4, -0.2) is 29.8 Å². The number of aliphatic imine (C=N–C) groups is 1. The zero-order chi connectivity index (χ0) is 20.8. The predicted molar refractivity (Wildman–Crippen MR) is 113 cm³/mol. The third kappa shape index (κ3) is 6.60. The van der Waals surface area contributed by atoms with E-state index in [2.05, 4.69) is 21.7 Å². The molecule has 0 radical (unpaired) electrons. The molecule has 6 heteroatoms. The number of rotatable bonds is 7. The number of nitrogens with one attached hydrogen (secondary N) is 2. The molecule has 0 saturated carbocycles. The molecule has 0 aliphatic rings. The van der Waals surface area contributed by atoms with E-state index in [-0.39, 0.29) is 12.1 Å². The van der Waals surface area contributed by atoms with Gasteiger partial charge in [0.05, 0.1) is 19.4 Å². The fourth-order valence-corrected chi connectivity index (χ4v) is 2.65. The van der Waals surface area contributed by atoms with Gasteiger partial charge in [-0.2, -0.15) is 0 Å². The highest BCUT2D eigenvalue weighted by Gasteiger charge is 2.26. The van der Waals surface area contributed by atoms with Crippen LogP contribution in [0.2, 0.25) is 0 Å². The Morgan fingerprint density at radius 3 is 2.54 bits per heavy atom. The molecular formula is C22H33N3O3. The molecule has 1 aromatic carbocycles. The number of benzene rings is 1. The highest BCUT2D eigenvalue weighted by molar-refractivity contribution is 5.79. The van der Waals surface area contributed by atoms with Gasteiger partial charge >= 0.3 is 0 Å². The number of aryl methyl sites for hydroxylation is 1. The van der Waals surface area contributed by atoms with Crippen molar-refractivity contribution in [3.63, 3.8) is 0 Å². The molecule has 0 aliphatic heterocycles. The van der Waals surface area contributed by atoms with Gasteiger partial charge in [-0.1, -0.05) is 12.1 Å². The summed E-state index contributed by atoms with van der Waals surface area (Å²) in [5.41, 5.74) is 0.739. The second kappa shape index (κ2) is 9.15. The van der Waals surface area contributed by atoms with E-state index in [0.717, 1.165) is 16.9 Å². The third-order valence-corrected chi connectivity index (χ3v) is 4.04. The Morgan fingerprint density at radius 2 is 1.93 bits per heavy atom. The topological polar surface area (TPSA) is 79.0 Å². The van der Waals surface area contributed by atoms with Gasteiger partial charge in [-0.25, -0.2) is 4.99 Å². The molecule has 154 valence electrons. The first kappa shape index (κ1) is 21.8. The van der Waals surface area contributed by atoms with E-state index in [9.17, 15) is 5.11 Å². The standard InChI is InChI=1S/C22H33N3O3/c1-7-23-20(25-15-22(6,26)19-9-8-12-27-19)24-14-17-11-10-16(2)13-18(17)28-21(3,4)5/h8-13,26H,7,14-15H2,1-6H3,(H2,23,24,25). The lowest BCUT2D eigenvalue weighted by Gasteiger charge is -2.24. The molecule has 0 aliphatic carbocycles. The fraction of sp³-hybridized carbons (Fsp3) is 0.500. The van der Waals surface area contributed by atoms with Crippen molar-refractivity contribution in [2.24, 2.45) is 4.99 Å². The van der Waals surface area contributed by atoms with Crippen LogP contribution in [0.5, 0.6) is 5.75 Å². The van der Waals surface area contributed by atoms with Gasteiger partial charge in [0.1, 0.15) is 22.7 Å². The zero-order valence-corrected chi connectivity index (χ0v) is 17.8. The first-order valence-corrected chi connectivity index (χ1v) is 9.68. The Kier molecular flexibility index (Phi) is 7.13. The summed E-state index contributed by atoms with van der Waals surface area (Å²) in [4.78, 5) is 4.66. The maximum Gasteiger partial charge on any atom is 0.191 e. The maximum atomic E-state index is 10.6. The van der Waals surface area contributed by atoms with E-state index in [1.54, 1.807) is 25.3 Å². The first-order chi connectivity index (χ1) is 13.1. The quantitative estimate of drug-likeness (QED) is 0.498. The van der Waals surface area contributed by atoms with E-state index >= 15 is 0 Å². The van der Waals surface area contributed by atoms with Crippen LogP contribution in [0.15, 0.2) is 46.0 Å². The Morgan fingerprint density at radius 1 is 1.18 bits per heavy atom. The number of hydrogen-bond donors (Lipinski definition) is 3. The molecule has 0 amide bonds. The number of guanidine groups is 1. The molecule has 3 N–H and O–H groups in total. The molecule has 2 rings (SSSR count). The molecule has 1 unspecified atom stereocenters. The van der Waals surface area contributed by atoms with Crippen LogP contribution in [0, 0.1) is 6.92 Å². The van der Waals surface area contributed by atoms with Crippen LogP contribution < -0.4 is 15.4 Å². The predicted octanol–water partition coefficient (Wildman–Crippen LogP) is 3.73. The lowest BCUT2D eigenvalue weighted by atomic mass is 10.0. The van der Waals surface area contributed by atoms with Crippen molar-refractivity contribution < 1.29 is 14.3 Å². The van der Waals surface area contributed by atoms with Crippen molar-refractivity contribution in [2.45, 2.75) is 59.3 Å². The van der Waals surface area contributed by atoms with Crippen LogP contribution in [0.3, 0.4) is 0 Å². The third-order valence-electron chi connectivity index (χ3n) is 4.04. The minimum absolute atomic E-state index is 0.269. The Labute approximate surface area is 168 Å². The summed E-state index contributed by atoms with van der Waals surface area (Å²) in [7, 11) is 0. The number of hydrogen-bond acceptors (Lipinski definition) is 4. The molecule has 0 bridgehead atoms. The van der Waals surface area contributed by atoms with Gasteiger partial charge in [-0.05, 0) is 65.3 Å². The Bertz CT molecular complexity index is 775. The number of ether oxygens (including phenoxy) is 1. The summed E-state index contributed by atoms with van der Waals surface area (Å²) in [5.74, 6) is 1.97. The fourth-order valence-electron chi connectivity index (χ4n) is 2.65. The van der Waals surface area contributed by atoms with Crippen LogP contribution in [0.4, 0.5) is 0 Å². The van der Waals surface area contributed by atoms with Crippen molar-refractivity contribution in [3.05, 3.63) is 53.5 Å². The van der Waals surface area contributed by atoms with Crippen LogP contribution in [0.25, 0.3) is 0 Å². The van der Waals surface area contributed by atoms with E-state index < -0.39 is 5.60 Å². The van der Waals surface area contributed by atoms with Crippen molar-refractivity contribution in [1.29, 1.82) is 0 Å². The van der Waals surface area contributed by atoms with Gasteiger partial charge in [-0.15, -0.1) is 0 Å². The molecule has 0 saturated heterocycles. The molecule has 2 aromatic rings. The Hall–Kier alpha value is -2.47. The SMILES string of the molecule is CCNC(=NCc1ccc(C)cc1OC(C)(C)C)NCC(C)(O)c1ccco1. The normalized spacial score (nSPS) is 14.5. The molecule has 1 aromatic heterocycles.